The Morgan fingerprint density at radius 1 is 0.133 bits per heavy atom. The van der Waals surface area contributed by atoms with Crippen LogP contribution in [0.4, 0.5) is 0 Å². The van der Waals surface area contributed by atoms with E-state index in [0.29, 0.717) is 11.6 Å². The largest absolute Gasteiger partial charge is 0.254 e. The van der Waals surface area contributed by atoms with Crippen LogP contribution in [0.5, 0.6) is 0 Å². The van der Waals surface area contributed by atoms with Gasteiger partial charge in [-0.05, 0) is 176 Å². The number of benzene rings is 15. The van der Waals surface area contributed by atoms with E-state index in [-0.39, 0.29) is 0 Å². The molecule has 0 saturated carbocycles. The summed E-state index contributed by atoms with van der Waals surface area (Å²) in [5.74, 6) is 1.19. The Morgan fingerprint density at radius 3 is 0.758 bits per heavy atom. The topological polar surface area (TPSA) is 155 Å². The number of rotatable bonds is 12. The Labute approximate surface area is 734 Å². The Hall–Kier alpha value is -17.5. The smallest absolute Gasteiger partial charge is 0.179 e. The van der Waals surface area contributed by atoms with Crippen LogP contribution in [0.2, 0.25) is 0 Å². The molecule has 0 fully saturated rings. The number of hydrogen-bond acceptors (Lipinski definition) is 12. The summed E-state index contributed by atoms with van der Waals surface area (Å²) in [5, 5.41) is 15.4. The summed E-state index contributed by atoms with van der Waals surface area (Å²) in [5.41, 5.74) is 28.9. The van der Waals surface area contributed by atoms with E-state index < -0.39 is 0 Å². The molecule has 0 aliphatic heterocycles. The highest BCUT2D eigenvalue weighted by Crippen LogP contribution is 2.45. The minimum Gasteiger partial charge on any atom is -0.254 e. The molecule has 0 saturated heterocycles. The normalized spacial score (nSPS) is 11.6. The summed E-state index contributed by atoms with van der Waals surface area (Å²) >= 11 is 0. The fourth-order valence-corrected chi connectivity index (χ4v) is 17.9. The molecule has 0 N–H and O–H groups in total. The molecule has 10 aromatic heterocycles. The molecule has 25 aromatic rings. The Kier molecular flexibility index (Phi) is 18.3. The maximum atomic E-state index is 5.35. The van der Waals surface area contributed by atoms with Gasteiger partial charge in [-0.1, -0.05) is 291 Å². The fraction of sp³-hybridized carbons (Fsp3) is 0. The van der Waals surface area contributed by atoms with Gasteiger partial charge in [0.15, 0.2) is 11.6 Å². The molecule has 15 aromatic carbocycles. The highest BCUT2D eigenvalue weighted by atomic mass is 14.9. The Bertz CT molecular complexity index is 8600. The molecule has 25 rings (SSSR count). The fourth-order valence-electron chi connectivity index (χ4n) is 17.9. The minimum absolute atomic E-state index is 0.591. The van der Waals surface area contributed by atoms with E-state index in [1.165, 1.54) is 0 Å². The zero-order valence-corrected chi connectivity index (χ0v) is 68.8. The van der Waals surface area contributed by atoms with Gasteiger partial charge in [-0.15, -0.1) is 0 Å². The van der Waals surface area contributed by atoms with Crippen molar-refractivity contribution in [1.29, 1.82) is 0 Å². The van der Waals surface area contributed by atoms with Crippen LogP contribution in [-0.2, 0) is 0 Å². The standard InChI is InChI=1S/C60H36N6.C56H34N6/c1-3-12-37(13-4-1)54-36-55(38-14-5-2-6-15-38)66-60(65-54)53-32-27-44-35-42(25-29-50(44)63-53)41-24-28-49-43(34-41)26-31-51(62-49)56-45-17-7-9-19-47(45)57(48-20-10-8-18-46(48)56)52-30-23-40-22-21-39-16-11-33-61-58(39)59(40)64-52;1-3-8-35(9-4-1)52-34-53(36-10-5-2-6-11-36)62-56(61-52)51-28-23-46-33-42(21-26-49(46)59-51)41-20-25-47-45(32-41)22-27-48(58-47)43-17-15-40-31-44(18-16-39(40)30-43)50-24-19-38-14-13-37-12-7-29-57-54(37)55(38)60-50/h1-36H;1-34H. The lowest BCUT2D eigenvalue weighted by Crippen LogP contribution is -1.97. The molecular formula is C116H70N12. The van der Waals surface area contributed by atoms with E-state index in [4.69, 9.17) is 54.8 Å². The van der Waals surface area contributed by atoms with Gasteiger partial charge < -0.3 is 0 Å². The summed E-state index contributed by atoms with van der Waals surface area (Å²) in [6.45, 7) is 0. The predicted octanol–water partition coefficient (Wildman–Crippen LogP) is 28.8. The van der Waals surface area contributed by atoms with Crippen LogP contribution >= 0.6 is 0 Å². The zero-order valence-electron chi connectivity index (χ0n) is 68.8. The third-order valence-electron chi connectivity index (χ3n) is 24.4. The zero-order chi connectivity index (χ0) is 84.5. The van der Waals surface area contributed by atoms with Crippen molar-refractivity contribution in [1.82, 2.24) is 59.8 Å². The first kappa shape index (κ1) is 74.4. The second-order valence-corrected chi connectivity index (χ2v) is 32.2. The van der Waals surface area contributed by atoms with Crippen LogP contribution in [0.15, 0.2) is 425 Å². The van der Waals surface area contributed by atoms with E-state index >= 15 is 0 Å². The van der Waals surface area contributed by atoms with Crippen molar-refractivity contribution in [2.45, 2.75) is 0 Å². The lowest BCUT2D eigenvalue weighted by molar-refractivity contribution is 1.16. The number of aromatic nitrogens is 12. The van der Waals surface area contributed by atoms with Crippen molar-refractivity contribution in [3.63, 3.8) is 0 Å². The molecule has 0 spiro atoms. The Balaban J connectivity index is 0.000000143. The van der Waals surface area contributed by atoms with Gasteiger partial charge >= 0.3 is 0 Å². The third kappa shape index (κ3) is 13.9. The number of pyridine rings is 8. The van der Waals surface area contributed by atoms with Crippen molar-refractivity contribution < 1.29 is 0 Å². The maximum Gasteiger partial charge on any atom is 0.179 e. The van der Waals surface area contributed by atoms with Crippen LogP contribution in [0.1, 0.15) is 0 Å². The average molecular weight is 1630 g/mol. The summed E-state index contributed by atoms with van der Waals surface area (Å²) in [6.07, 6.45) is 3.67. The van der Waals surface area contributed by atoms with Crippen molar-refractivity contribution >= 4 is 120 Å². The molecule has 0 radical (unpaired) electrons. The van der Waals surface area contributed by atoms with Crippen LogP contribution in [0.3, 0.4) is 0 Å². The van der Waals surface area contributed by atoms with Crippen molar-refractivity contribution in [3.05, 3.63) is 425 Å². The molecule has 0 bridgehead atoms. The molecule has 594 valence electrons. The van der Waals surface area contributed by atoms with E-state index in [1.54, 1.807) is 0 Å². The molecule has 10 heterocycles. The molecule has 0 unspecified atom stereocenters. The van der Waals surface area contributed by atoms with Gasteiger partial charge in [0.25, 0.3) is 0 Å². The van der Waals surface area contributed by atoms with E-state index in [0.717, 1.165) is 243 Å². The van der Waals surface area contributed by atoms with Crippen molar-refractivity contribution in [3.8, 4) is 135 Å². The number of fused-ring (bicyclic) bond motifs is 13. The quantitative estimate of drug-likeness (QED) is 0.0844. The molecule has 12 heteroatoms. The lowest BCUT2D eigenvalue weighted by atomic mass is 9.88. The summed E-state index contributed by atoms with van der Waals surface area (Å²) in [7, 11) is 0. The van der Waals surface area contributed by atoms with Crippen molar-refractivity contribution in [2.75, 3.05) is 0 Å². The average Bonchev–Trinajstić information content (AvgIpc) is 0.713. The van der Waals surface area contributed by atoms with Gasteiger partial charge in [0.05, 0.1) is 89.7 Å². The van der Waals surface area contributed by atoms with Crippen LogP contribution in [0, 0.1) is 0 Å². The second-order valence-electron chi connectivity index (χ2n) is 32.2. The third-order valence-corrected chi connectivity index (χ3v) is 24.4. The molecule has 0 aliphatic rings. The molecule has 0 aliphatic carbocycles. The van der Waals surface area contributed by atoms with Crippen LogP contribution < -0.4 is 0 Å². The minimum atomic E-state index is 0.591. The first-order valence-electron chi connectivity index (χ1n) is 42.8. The molecule has 0 amide bonds. The van der Waals surface area contributed by atoms with E-state index in [1.807, 2.05) is 122 Å². The molecular weight excluding hydrogens is 1560 g/mol. The monoisotopic (exact) mass is 1630 g/mol. The highest BCUT2D eigenvalue weighted by molar-refractivity contribution is 6.21. The molecule has 12 nitrogen and oxygen atoms in total. The van der Waals surface area contributed by atoms with Gasteiger partial charge in [0, 0.05) is 100.0 Å². The molecule has 128 heavy (non-hydrogen) atoms. The first-order chi connectivity index (χ1) is 63.3. The van der Waals surface area contributed by atoms with Gasteiger partial charge in [-0.25, -0.2) is 49.8 Å². The SMILES string of the molecule is c1ccc(-c2cc(-c3ccccc3)nc(-c3ccc4cc(-c5ccc6nc(-c7c8ccccc8c(-c8ccc9ccc%10cccnc%10c9n8)c8ccccc78)ccc6c5)ccc4n3)n2)cc1.c1ccc(-c2cc(-c3ccccc3)nc(-c3ccc4cc(-c5ccc6nc(-c7ccc8cc(-c9ccc%10ccc%11cccnc%11c%10n9)ccc8c7)ccc6c5)ccc4n3)n2)cc1. The van der Waals surface area contributed by atoms with E-state index in [2.05, 4.69) is 308 Å². The van der Waals surface area contributed by atoms with Gasteiger partial charge in [-0.2, -0.15) is 0 Å². The second kappa shape index (κ2) is 31.4. The van der Waals surface area contributed by atoms with Gasteiger partial charge in [-0.3, -0.25) is 9.97 Å². The van der Waals surface area contributed by atoms with Gasteiger partial charge in [0.2, 0.25) is 0 Å². The van der Waals surface area contributed by atoms with Crippen molar-refractivity contribution in [2.24, 2.45) is 0 Å². The number of nitrogens with zero attached hydrogens (tertiary/aromatic N) is 12. The van der Waals surface area contributed by atoms with Crippen LogP contribution in [-0.4, -0.2) is 59.8 Å². The predicted molar refractivity (Wildman–Crippen MR) is 524 cm³/mol. The maximum absolute atomic E-state index is 5.35. The van der Waals surface area contributed by atoms with Crippen LogP contribution in [0.25, 0.3) is 255 Å². The molecule has 0 atom stereocenters. The van der Waals surface area contributed by atoms with Gasteiger partial charge in [0.1, 0.15) is 11.4 Å². The highest BCUT2D eigenvalue weighted by Gasteiger charge is 2.22. The Morgan fingerprint density at radius 2 is 0.391 bits per heavy atom. The first-order valence-corrected chi connectivity index (χ1v) is 42.8. The van der Waals surface area contributed by atoms with E-state index in [9.17, 15) is 0 Å². The summed E-state index contributed by atoms with van der Waals surface area (Å²) in [6, 6.07) is 143. The summed E-state index contributed by atoms with van der Waals surface area (Å²) < 4.78 is 0. The summed E-state index contributed by atoms with van der Waals surface area (Å²) in [4.78, 5) is 60.3. The lowest BCUT2D eigenvalue weighted by Gasteiger charge is -2.17. The number of hydrogen-bond donors (Lipinski definition) is 0.